The molecule has 0 spiro atoms. The zero-order chi connectivity index (χ0) is 24.4. The van der Waals surface area contributed by atoms with Crippen molar-refractivity contribution < 1.29 is 22.7 Å². The first-order valence-corrected chi connectivity index (χ1v) is 12.8. The van der Waals surface area contributed by atoms with Crippen molar-refractivity contribution >= 4 is 26.8 Å². The Morgan fingerprint density at radius 1 is 1.06 bits per heavy atom. The smallest absolute Gasteiger partial charge is 0.264 e. The van der Waals surface area contributed by atoms with E-state index in [1.165, 1.54) is 6.07 Å². The van der Waals surface area contributed by atoms with Crippen LogP contribution in [-0.4, -0.2) is 50.5 Å². The Labute approximate surface area is 203 Å². The number of benzene rings is 2. The number of pyridine rings is 1. The van der Waals surface area contributed by atoms with Crippen molar-refractivity contribution in [3.05, 3.63) is 84.7 Å². The van der Waals surface area contributed by atoms with Gasteiger partial charge in [0.25, 0.3) is 10.0 Å². The van der Waals surface area contributed by atoms with Crippen molar-refractivity contribution in [2.45, 2.75) is 17.4 Å². The molecule has 2 heterocycles. The zero-order valence-electron chi connectivity index (χ0n) is 19.1. The van der Waals surface area contributed by atoms with Crippen LogP contribution in [0.5, 0.6) is 11.5 Å². The van der Waals surface area contributed by atoms with Crippen molar-refractivity contribution in [3.63, 3.8) is 0 Å². The lowest BCUT2D eigenvalue weighted by atomic mass is 9.96. The average molecular weight is 492 g/mol. The molecule has 0 radical (unpaired) electrons. The fraction of sp³-hybridized carbons (Fsp3) is 0.231. The summed E-state index contributed by atoms with van der Waals surface area (Å²) in [6.07, 6.45) is 7.02. The highest BCUT2D eigenvalue weighted by Gasteiger charge is 2.35. The maximum Gasteiger partial charge on any atom is 0.264 e. The van der Waals surface area contributed by atoms with E-state index in [2.05, 4.69) is 9.71 Å². The molecule has 2 aliphatic rings. The standard InChI is InChI=1S/C26H25N3O5S/c1-33-22-8-2-3-9-23(22)34-21-16-29(17-21)26(30)19-11-13-20(14-12-19)28-35(31,32)24-10-4-6-18-7-5-15-27-25(18)24/h2-11,13-15,19,21,28H,12,16-17H2,1H3. The van der Waals surface area contributed by atoms with Crippen molar-refractivity contribution in [2.75, 3.05) is 20.2 Å². The second-order valence-corrected chi connectivity index (χ2v) is 10.1. The molecule has 1 atom stereocenters. The third kappa shape index (κ3) is 4.72. The molecule has 8 nitrogen and oxygen atoms in total. The number of methoxy groups -OCH3 is 1. The number of allylic oxidation sites excluding steroid dienone is 2. The summed E-state index contributed by atoms with van der Waals surface area (Å²) in [5, 5.41) is 0.747. The number of para-hydroxylation sites is 3. The summed E-state index contributed by atoms with van der Waals surface area (Å²) in [4.78, 5) is 19.0. The number of carbonyl (C=O) groups excluding carboxylic acids is 1. The van der Waals surface area contributed by atoms with E-state index in [1.54, 1.807) is 48.6 Å². The zero-order valence-corrected chi connectivity index (χ0v) is 19.9. The van der Waals surface area contributed by atoms with Gasteiger partial charge in [0, 0.05) is 17.3 Å². The number of carbonyl (C=O) groups is 1. The molecule has 2 aromatic carbocycles. The van der Waals surface area contributed by atoms with E-state index in [-0.39, 0.29) is 22.8 Å². The van der Waals surface area contributed by atoms with Crippen LogP contribution in [0.25, 0.3) is 10.9 Å². The van der Waals surface area contributed by atoms with Gasteiger partial charge in [0.05, 0.1) is 31.6 Å². The van der Waals surface area contributed by atoms with Crippen LogP contribution in [0.1, 0.15) is 6.42 Å². The van der Waals surface area contributed by atoms with Gasteiger partial charge in [-0.1, -0.05) is 42.5 Å². The van der Waals surface area contributed by atoms with Gasteiger partial charge < -0.3 is 14.4 Å². The maximum atomic E-state index is 13.0. The number of hydrogen-bond acceptors (Lipinski definition) is 6. The van der Waals surface area contributed by atoms with Crippen LogP contribution < -0.4 is 14.2 Å². The number of nitrogens with zero attached hydrogens (tertiary/aromatic N) is 2. The van der Waals surface area contributed by atoms with Gasteiger partial charge in [-0.25, -0.2) is 8.42 Å². The maximum absolute atomic E-state index is 13.0. The molecule has 1 aliphatic heterocycles. The molecule has 1 aliphatic carbocycles. The quantitative estimate of drug-likeness (QED) is 0.545. The monoisotopic (exact) mass is 491 g/mol. The molecule has 180 valence electrons. The predicted molar refractivity (Wildman–Crippen MR) is 131 cm³/mol. The molecule has 35 heavy (non-hydrogen) atoms. The molecule has 1 saturated heterocycles. The summed E-state index contributed by atoms with van der Waals surface area (Å²) < 4.78 is 39.9. The summed E-state index contributed by atoms with van der Waals surface area (Å²) in [6, 6.07) is 16.0. The Morgan fingerprint density at radius 2 is 1.83 bits per heavy atom. The van der Waals surface area contributed by atoms with Crippen LogP contribution >= 0.6 is 0 Å². The number of fused-ring (bicyclic) bond motifs is 1. The minimum Gasteiger partial charge on any atom is -0.493 e. The molecule has 9 heteroatoms. The van der Waals surface area contributed by atoms with Gasteiger partial charge in [-0.05, 0) is 36.8 Å². The van der Waals surface area contributed by atoms with E-state index in [0.29, 0.717) is 42.2 Å². The van der Waals surface area contributed by atoms with E-state index in [4.69, 9.17) is 9.47 Å². The minimum absolute atomic E-state index is 0.00228. The van der Waals surface area contributed by atoms with Gasteiger partial charge in [-0.3, -0.25) is 14.5 Å². The first-order chi connectivity index (χ1) is 16.9. The van der Waals surface area contributed by atoms with E-state index < -0.39 is 10.0 Å². The largest absolute Gasteiger partial charge is 0.493 e. The van der Waals surface area contributed by atoms with E-state index in [1.807, 2.05) is 36.4 Å². The summed E-state index contributed by atoms with van der Waals surface area (Å²) in [5.41, 5.74) is 0.849. The Hall–Kier alpha value is -3.85. The first-order valence-electron chi connectivity index (χ1n) is 11.3. The van der Waals surface area contributed by atoms with Crippen LogP contribution in [0, 0.1) is 5.92 Å². The van der Waals surface area contributed by atoms with Gasteiger partial charge in [-0.2, -0.15) is 0 Å². The minimum atomic E-state index is -3.83. The lowest BCUT2D eigenvalue weighted by Crippen LogP contribution is -2.57. The molecule has 1 amide bonds. The Bertz CT molecular complexity index is 1420. The van der Waals surface area contributed by atoms with E-state index in [0.717, 1.165) is 5.39 Å². The molecule has 1 N–H and O–H groups in total. The summed E-state index contributed by atoms with van der Waals surface area (Å²) in [5.74, 6) is 0.977. The third-order valence-electron chi connectivity index (χ3n) is 6.08. The van der Waals surface area contributed by atoms with Crippen molar-refractivity contribution in [2.24, 2.45) is 5.92 Å². The lowest BCUT2D eigenvalue weighted by molar-refractivity contribution is -0.142. The summed E-state index contributed by atoms with van der Waals surface area (Å²) in [7, 11) is -2.24. The van der Waals surface area contributed by atoms with Crippen LogP contribution in [-0.2, 0) is 14.8 Å². The number of sulfonamides is 1. The summed E-state index contributed by atoms with van der Waals surface area (Å²) >= 11 is 0. The van der Waals surface area contributed by atoms with Crippen LogP contribution in [0.15, 0.2) is 89.6 Å². The van der Waals surface area contributed by atoms with Crippen LogP contribution in [0.4, 0.5) is 0 Å². The van der Waals surface area contributed by atoms with Crippen molar-refractivity contribution in [1.82, 2.24) is 14.6 Å². The highest BCUT2D eigenvalue weighted by atomic mass is 32.2. The Kier molecular flexibility index (Phi) is 6.17. The molecular formula is C26H25N3O5S. The van der Waals surface area contributed by atoms with E-state index in [9.17, 15) is 13.2 Å². The molecule has 1 fully saturated rings. The molecular weight excluding hydrogens is 466 g/mol. The number of likely N-dealkylation sites (tertiary alicyclic amines) is 1. The molecule has 0 saturated carbocycles. The number of hydrogen-bond donors (Lipinski definition) is 1. The number of aromatic nitrogens is 1. The van der Waals surface area contributed by atoms with Crippen LogP contribution in [0.2, 0.25) is 0 Å². The fourth-order valence-corrected chi connectivity index (χ4v) is 5.46. The molecule has 0 bridgehead atoms. The van der Waals surface area contributed by atoms with Crippen molar-refractivity contribution in [3.8, 4) is 11.5 Å². The van der Waals surface area contributed by atoms with Gasteiger partial charge in [0.15, 0.2) is 11.5 Å². The number of nitrogens with one attached hydrogen (secondary N) is 1. The highest BCUT2D eigenvalue weighted by Crippen LogP contribution is 2.30. The lowest BCUT2D eigenvalue weighted by Gasteiger charge is -2.40. The van der Waals surface area contributed by atoms with Crippen molar-refractivity contribution in [1.29, 1.82) is 0 Å². The SMILES string of the molecule is COc1ccccc1OC1CN(C(=O)C2C=CC(NS(=O)(=O)c3cccc4cccnc34)=CC2)C1. The molecule has 3 aromatic rings. The second kappa shape index (κ2) is 9.42. The van der Waals surface area contributed by atoms with Gasteiger partial charge >= 0.3 is 0 Å². The van der Waals surface area contributed by atoms with Crippen LogP contribution in [0.3, 0.4) is 0 Å². The third-order valence-corrected chi connectivity index (χ3v) is 7.49. The first kappa shape index (κ1) is 22.9. The normalized spacial score (nSPS) is 18.0. The average Bonchev–Trinajstić information content (AvgIpc) is 2.85. The predicted octanol–water partition coefficient (Wildman–Crippen LogP) is 3.27. The Balaban J connectivity index is 1.17. The summed E-state index contributed by atoms with van der Waals surface area (Å²) in [6.45, 7) is 0.997. The molecule has 1 aromatic heterocycles. The number of ether oxygens (including phenoxy) is 2. The van der Waals surface area contributed by atoms with Gasteiger partial charge in [-0.15, -0.1) is 0 Å². The number of rotatable bonds is 7. The Morgan fingerprint density at radius 3 is 2.57 bits per heavy atom. The van der Waals surface area contributed by atoms with Gasteiger partial charge in [0.2, 0.25) is 5.91 Å². The van der Waals surface area contributed by atoms with Gasteiger partial charge in [0.1, 0.15) is 11.0 Å². The molecule has 1 unspecified atom stereocenters. The second-order valence-electron chi connectivity index (χ2n) is 8.43. The fourth-order valence-electron chi connectivity index (χ4n) is 4.21. The number of amides is 1. The highest BCUT2D eigenvalue weighted by molar-refractivity contribution is 7.89. The topological polar surface area (TPSA) is 97.8 Å². The van der Waals surface area contributed by atoms with E-state index >= 15 is 0 Å². The molecule has 5 rings (SSSR count).